The fourth-order valence-corrected chi connectivity index (χ4v) is 5.79. The summed E-state index contributed by atoms with van der Waals surface area (Å²) in [5.41, 5.74) is 1.63. The normalized spacial score (nSPS) is 21.9. The Morgan fingerprint density at radius 1 is 0.946 bits per heavy atom. The summed E-state index contributed by atoms with van der Waals surface area (Å²) < 4.78 is 10.9. The zero-order chi connectivity index (χ0) is 25.9. The lowest BCUT2D eigenvalue weighted by atomic mass is 10.1. The Labute approximate surface area is 218 Å². The van der Waals surface area contributed by atoms with Crippen LogP contribution in [0.5, 0.6) is 0 Å². The van der Waals surface area contributed by atoms with Gasteiger partial charge in [-0.2, -0.15) is 0 Å². The summed E-state index contributed by atoms with van der Waals surface area (Å²) in [6, 6.07) is 3.26. The van der Waals surface area contributed by atoms with Gasteiger partial charge in [-0.15, -0.1) is 0 Å². The average molecular weight is 532 g/mol. The van der Waals surface area contributed by atoms with E-state index >= 15 is 0 Å². The second-order valence-corrected chi connectivity index (χ2v) is 10.2. The average Bonchev–Trinajstić information content (AvgIpc) is 3.54. The predicted molar refractivity (Wildman–Crippen MR) is 138 cm³/mol. The minimum atomic E-state index is -0.560. The van der Waals surface area contributed by atoms with E-state index in [0.29, 0.717) is 76.9 Å². The molecule has 0 radical (unpaired) electrons. The van der Waals surface area contributed by atoms with Gasteiger partial charge in [0.2, 0.25) is 5.91 Å². The molecule has 4 aliphatic heterocycles. The van der Waals surface area contributed by atoms with E-state index in [1.807, 2.05) is 4.90 Å². The monoisotopic (exact) mass is 531 g/mol. The molecule has 198 valence electrons. The van der Waals surface area contributed by atoms with Gasteiger partial charge in [0, 0.05) is 56.6 Å². The minimum absolute atomic E-state index is 0.0754. The number of anilines is 2. The SMILES string of the molecule is O=C(CN1C(=O)S/C(=C\c2cc([N+](=O)[O-])c(N3CCOCC3)cc2N2CCOCC2)C1=O)N1CCCC1. The second kappa shape index (κ2) is 11.1. The van der Waals surface area contributed by atoms with E-state index in [2.05, 4.69) is 4.90 Å². The summed E-state index contributed by atoms with van der Waals surface area (Å²) in [5, 5.41) is 11.6. The zero-order valence-corrected chi connectivity index (χ0v) is 21.2. The molecule has 0 aliphatic carbocycles. The van der Waals surface area contributed by atoms with Crippen LogP contribution in [-0.4, -0.2) is 104 Å². The number of nitro benzene ring substituents is 1. The Morgan fingerprint density at radius 3 is 2.14 bits per heavy atom. The number of rotatable bonds is 6. The van der Waals surface area contributed by atoms with Gasteiger partial charge in [-0.3, -0.25) is 29.4 Å². The number of ether oxygens (including phenoxy) is 2. The molecule has 4 aliphatic rings. The summed E-state index contributed by atoms with van der Waals surface area (Å²) in [4.78, 5) is 56.8. The molecule has 12 nitrogen and oxygen atoms in total. The second-order valence-electron chi connectivity index (χ2n) is 9.21. The topological polar surface area (TPSA) is 126 Å². The van der Waals surface area contributed by atoms with E-state index < -0.39 is 16.1 Å². The van der Waals surface area contributed by atoms with E-state index in [4.69, 9.17) is 9.47 Å². The Morgan fingerprint density at radius 2 is 1.54 bits per heavy atom. The van der Waals surface area contributed by atoms with Gasteiger partial charge in [-0.05, 0) is 36.7 Å². The first-order chi connectivity index (χ1) is 17.9. The Kier molecular flexibility index (Phi) is 7.63. The highest BCUT2D eigenvalue weighted by Gasteiger charge is 2.38. The highest BCUT2D eigenvalue weighted by atomic mass is 32.2. The molecule has 37 heavy (non-hydrogen) atoms. The maximum atomic E-state index is 13.1. The van der Waals surface area contributed by atoms with Crippen molar-refractivity contribution in [3.8, 4) is 0 Å². The van der Waals surface area contributed by atoms with Gasteiger partial charge in [0.05, 0.1) is 36.3 Å². The first kappa shape index (κ1) is 25.5. The van der Waals surface area contributed by atoms with Crippen LogP contribution in [0.2, 0.25) is 0 Å². The largest absolute Gasteiger partial charge is 0.378 e. The maximum Gasteiger partial charge on any atom is 0.294 e. The highest BCUT2D eigenvalue weighted by Crippen LogP contribution is 2.40. The number of benzene rings is 1. The molecular formula is C24H29N5O7S. The fourth-order valence-electron chi connectivity index (χ4n) is 4.96. The third-order valence-electron chi connectivity index (χ3n) is 6.94. The van der Waals surface area contributed by atoms with Crippen molar-refractivity contribution in [1.29, 1.82) is 0 Å². The van der Waals surface area contributed by atoms with Gasteiger partial charge >= 0.3 is 0 Å². The van der Waals surface area contributed by atoms with Crippen LogP contribution in [0.25, 0.3) is 6.08 Å². The summed E-state index contributed by atoms with van der Waals surface area (Å²) >= 11 is 0.751. The van der Waals surface area contributed by atoms with Crippen LogP contribution < -0.4 is 9.80 Å². The third-order valence-corrected chi connectivity index (χ3v) is 7.84. The standard InChI is InChI=1S/C24H29N5O7S/c30-22(27-3-1-2-4-27)16-28-23(31)21(37-24(28)32)14-17-13-20(29(33)34)19(26-7-11-36-12-8-26)15-18(17)25-5-9-35-10-6-25/h13-15H,1-12,16H2/b21-14-. The summed E-state index contributed by atoms with van der Waals surface area (Å²) in [6.45, 7) is 5.20. The number of likely N-dealkylation sites (tertiary alicyclic amines) is 1. The highest BCUT2D eigenvalue weighted by molar-refractivity contribution is 8.18. The van der Waals surface area contributed by atoms with Crippen molar-refractivity contribution in [1.82, 2.24) is 9.80 Å². The molecular weight excluding hydrogens is 502 g/mol. The molecule has 0 N–H and O–H groups in total. The number of hydrogen-bond acceptors (Lipinski definition) is 10. The predicted octanol–water partition coefficient (Wildman–Crippen LogP) is 1.93. The lowest BCUT2D eigenvalue weighted by Gasteiger charge is -2.33. The van der Waals surface area contributed by atoms with Crippen LogP contribution in [0.3, 0.4) is 0 Å². The van der Waals surface area contributed by atoms with E-state index in [9.17, 15) is 24.5 Å². The van der Waals surface area contributed by atoms with Crippen molar-refractivity contribution in [2.45, 2.75) is 12.8 Å². The number of thioether (sulfide) groups is 1. The summed E-state index contributed by atoms with van der Waals surface area (Å²) in [5.74, 6) is -0.809. The van der Waals surface area contributed by atoms with Crippen LogP contribution in [0.1, 0.15) is 18.4 Å². The molecule has 3 amide bonds. The number of nitrogens with zero attached hydrogens (tertiary/aromatic N) is 5. The molecule has 0 bridgehead atoms. The van der Waals surface area contributed by atoms with E-state index in [-0.39, 0.29) is 23.0 Å². The molecule has 0 saturated carbocycles. The molecule has 0 unspecified atom stereocenters. The molecule has 4 saturated heterocycles. The van der Waals surface area contributed by atoms with Gasteiger partial charge in [-0.1, -0.05) is 0 Å². The molecule has 1 aromatic carbocycles. The molecule has 0 atom stereocenters. The number of hydrogen-bond donors (Lipinski definition) is 0. The van der Waals surface area contributed by atoms with Crippen LogP contribution in [-0.2, 0) is 19.1 Å². The molecule has 13 heteroatoms. The van der Waals surface area contributed by atoms with Crippen molar-refractivity contribution in [3.05, 3.63) is 32.7 Å². The molecule has 0 spiro atoms. The van der Waals surface area contributed by atoms with Gasteiger partial charge in [0.1, 0.15) is 12.2 Å². The third kappa shape index (κ3) is 5.43. The lowest BCUT2D eigenvalue weighted by molar-refractivity contribution is -0.384. The van der Waals surface area contributed by atoms with Crippen LogP contribution in [0.15, 0.2) is 17.0 Å². The quantitative estimate of drug-likeness (QED) is 0.305. The smallest absolute Gasteiger partial charge is 0.294 e. The first-order valence-electron chi connectivity index (χ1n) is 12.4. The minimum Gasteiger partial charge on any atom is -0.378 e. The van der Waals surface area contributed by atoms with Gasteiger partial charge < -0.3 is 24.2 Å². The Balaban J connectivity index is 1.49. The maximum absolute atomic E-state index is 13.1. The number of morpholine rings is 2. The zero-order valence-electron chi connectivity index (χ0n) is 20.4. The number of amides is 3. The Bertz CT molecular complexity index is 1120. The van der Waals surface area contributed by atoms with Crippen molar-refractivity contribution in [2.75, 3.05) is 82.0 Å². The van der Waals surface area contributed by atoms with E-state index in [1.165, 1.54) is 12.1 Å². The van der Waals surface area contributed by atoms with Crippen molar-refractivity contribution < 1.29 is 28.8 Å². The van der Waals surface area contributed by atoms with Gasteiger partial charge in [-0.25, -0.2) is 0 Å². The Hall–Kier alpha value is -3.16. The van der Waals surface area contributed by atoms with Crippen LogP contribution >= 0.6 is 11.8 Å². The van der Waals surface area contributed by atoms with Crippen LogP contribution in [0.4, 0.5) is 21.9 Å². The number of carbonyl (C=O) groups excluding carboxylic acids is 3. The van der Waals surface area contributed by atoms with Gasteiger partial charge in [0.25, 0.3) is 16.8 Å². The number of carbonyl (C=O) groups is 3. The molecule has 4 heterocycles. The fraction of sp³-hybridized carbons (Fsp3) is 0.542. The summed E-state index contributed by atoms with van der Waals surface area (Å²) in [6.07, 6.45) is 3.36. The van der Waals surface area contributed by atoms with E-state index in [1.54, 1.807) is 11.0 Å². The van der Waals surface area contributed by atoms with Crippen molar-refractivity contribution >= 4 is 52.0 Å². The molecule has 4 fully saturated rings. The van der Waals surface area contributed by atoms with Crippen molar-refractivity contribution in [2.24, 2.45) is 0 Å². The lowest BCUT2D eigenvalue weighted by Crippen LogP contribution is -2.40. The number of imide groups is 1. The van der Waals surface area contributed by atoms with E-state index in [0.717, 1.165) is 35.2 Å². The van der Waals surface area contributed by atoms with Crippen LogP contribution in [0, 0.1) is 10.1 Å². The number of nitro groups is 1. The first-order valence-corrected chi connectivity index (χ1v) is 13.2. The molecule has 1 aromatic rings. The van der Waals surface area contributed by atoms with Gasteiger partial charge in [0.15, 0.2) is 0 Å². The molecule has 5 rings (SSSR count). The van der Waals surface area contributed by atoms with Crippen molar-refractivity contribution in [3.63, 3.8) is 0 Å². The molecule has 0 aromatic heterocycles. The summed E-state index contributed by atoms with van der Waals surface area (Å²) in [7, 11) is 0.